The molecule has 2 aromatic heterocycles. The Morgan fingerprint density at radius 1 is 1.14 bits per heavy atom. The van der Waals surface area contributed by atoms with Crippen LogP contribution >= 0.6 is 0 Å². The van der Waals surface area contributed by atoms with E-state index in [4.69, 9.17) is 0 Å². The van der Waals surface area contributed by atoms with Gasteiger partial charge in [0, 0.05) is 37.0 Å². The molecule has 1 aliphatic rings. The molecule has 1 saturated heterocycles. The fourth-order valence-electron chi connectivity index (χ4n) is 4.35. The first-order valence-electron chi connectivity index (χ1n) is 11.6. The summed E-state index contributed by atoms with van der Waals surface area (Å²) < 4.78 is 16.0. The Balaban J connectivity index is 1.30. The molecule has 1 amide bonds. The van der Waals surface area contributed by atoms with Gasteiger partial charge in [-0.2, -0.15) is 5.10 Å². The minimum atomic E-state index is -1.29. The maximum atomic E-state index is 14.3. The standard InChI is InChI=1S/C27H28FN5O2/c1-17-4-6-18(7-5-17)12-29-26(34)21-13-32(14-21)25-24-11-20(15-33(24)31-16-30-25)19-8-9-23(28)22(10-19)27(2,3)35/h4-11,15-16,21,35H,12-14H2,1-3H3,(H,29,34). The fourth-order valence-corrected chi connectivity index (χ4v) is 4.35. The quantitative estimate of drug-likeness (QED) is 0.445. The van der Waals surface area contributed by atoms with Crippen LogP contribution in [0.1, 0.15) is 30.5 Å². The highest BCUT2D eigenvalue weighted by molar-refractivity contribution is 5.84. The highest BCUT2D eigenvalue weighted by atomic mass is 19.1. The summed E-state index contributed by atoms with van der Waals surface area (Å²) in [6.45, 7) is 6.83. The van der Waals surface area contributed by atoms with Crippen LogP contribution in [0, 0.1) is 18.7 Å². The molecular weight excluding hydrogens is 445 g/mol. The van der Waals surface area contributed by atoms with Gasteiger partial charge >= 0.3 is 0 Å². The Morgan fingerprint density at radius 2 is 1.89 bits per heavy atom. The minimum absolute atomic E-state index is 0.0356. The molecule has 0 aliphatic carbocycles. The molecule has 7 nitrogen and oxygen atoms in total. The van der Waals surface area contributed by atoms with Crippen LogP contribution in [0.25, 0.3) is 16.6 Å². The summed E-state index contributed by atoms with van der Waals surface area (Å²) in [5, 5.41) is 17.7. The van der Waals surface area contributed by atoms with Gasteiger partial charge in [0.25, 0.3) is 0 Å². The van der Waals surface area contributed by atoms with E-state index >= 15 is 0 Å². The SMILES string of the molecule is Cc1ccc(CNC(=O)C2CN(c3ncnn4cc(-c5ccc(F)c(C(C)(C)O)c5)cc34)C2)cc1. The lowest BCUT2D eigenvalue weighted by Crippen LogP contribution is -2.54. The molecule has 0 saturated carbocycles. The van der Waals surface area contributed by atoms with Crippen molar-refractivity contribution in [3.63, 3.8) is 0 Å². The summed E-state index contributed by atoms with van der Waals surface area (Å²) in [6.07, 6.45) is 3.34. The normalized spacial score (nSPS) is 14.3. The number of amides is 1. The van der Waals surface area contributed by atoms with Gasteiger partial charge in [0.15, 0.2) is 5.82 Å². The number of fused-ring (bicyclic) bond motifs is 1. The van der Waals surface area contributed by atoms with Crippen LogP contribution in [0.15, 0.2) is 61.1 Å². The number of carbonyl (C=O) groups excluding carboxylic acids is 1. The van der Waals surface area contributed by atoms with Gasteiger partial charge < -0.3 is 15.3 Å². The zero-order valence-corrected chi connectivity index (χ0v) is 20.0. The number of aromatic nitrogens is 3. The number of aryl methyl sites for hydroxylation is 1. The summed E-state index contributed by atoms with van der Waals surface area (Å²) in [5.74, 6) is 0.237. The Bertz CT molecular complexity index is 1390. The van der Waals surface area contributed by atoms with E-state index in [0.29, 0.717) is 19.6 Å². The number of aliphatic hydroxyl groups is 1. The second-order valence-corrected chi connectivity index (χ2v) is 9.70. The Kier molecular flexibility index (Phi) is 5.76. The van der Waals surface area contributed by atoms with Crippen molar-refractivity contribution in [2.24, 2.45) is 5.92 Å². The van der Waals surface area contributed by atoms with E-state index in [1.54, 1.807) is 30.5 Å². The smallest absolute Gasteiger partial charge is 0.226 e. The number of benzene rings is 2. The van der Waals surface area contributed by atoms with Crippen molar-refractivity contribution >= 4 is 17.2 Å². The third-order valence-electron chi connectivity index (χ3n) is 6.48. The molecule has 2 aromatic carbocycles. The molecule has 5 rings (SSSR count). The number of carbonyl (C=O) groups is 1. The fraction of sp³-hybridized carbons (Fsp3) is 0.296. The third kappa shape index (κ3) is 4.61. The number of hydrogen-bond donors (Lipinski definition) is 2. The molecule has 0 spiro atoms. The molecule has 2 N–H and O–H groups in total. The van der Waals surface area contributed by atoms with Gasteiger partial charge in [0.2, 0.25) is 5.91 Å². The number of nitrogens with zero attached hydrogens (tertiary/aromatic N) is 4. The van der Waals surface area contributed by atoms with Crippen LogP contribution < -0.4 is 10.2 Å². The summed E-state index contributed by atoms with van der Waals surface area (Å²) in [6, 6.07) is 14.8. The van der Waals surface area contributed by atoms with E-state index in [0.717, 1.165) is 28.0 Å². The average molecular weight is 474 g/mol. The predicted octanol–water partition coefficient (Wildman–Crippen LogP) is 3.82. The van der Waals surface area contributed by atoms with Crippen molar-refractivity contribution < 1.29 is 14.3 Å². The lowest BCUT2D eigenvalue weighted by Gasteiger charge is -2.39. The summed E-state index contributed by atoms with van der Waals surface area (Å²) in [5.41, 5.74) is 3.62. The molecule has 35 heavy (non-hydrogen) atoms. The van der Waals surface area contributed by atoms with Crippen LogP contribution in [-0.2, 0) is 16.9 Å². The van der Waals surface area contributed by atoms with E-state index in [1.807, 2.05) is 43.5 Å². The van der Waals surface area contributed by atoms with Crippen LogP contribution in [-0.4, -0.2) is 38.7 Å². The molecule has 0 unspecified atom stereocenters. The lowest BCUT2D eigenvalue weighted by atomic mass is 9.94. The van der Waals surface area contributed by atoms with Crippen molar-refractivity contribution in [2.75, 3.05) is 18.0 Å². The highest BCUT2D eigenvalue weighted by Crippen LogP contribution is 2.33. The Labute approximate surface area is 203 Å². The van der Waals surface area contributed by atoms with Gasteiger partial charge in [-0.3, -0.25) is 4.79 Å². The zero-order valence-electron chi connectivity index (χ0n) is 20.0. The van der Waals surface area contributed by atoms with Crippen LogP contribution in [0.2, 0.25) is 0 Å². The molecule has 1 aliphatic heterocycles. The average Bonchev–Trinajstić information content (AvgIpc) is 3.22. The number of nitrogens with one attached hydrogen (secondary N) is 1. The number of anilines is 1. The molecule has 0 atom stereocenters. The summed E-state index contributed by atoms with van der Waals surface area (Å²) in [4.78, 5) is 19.1. The number of rotatable bonds is 6. The second kappa shape index (κ2) is 8.78. The maximum absolute atomic E-state index is 14.3. The van der Waals surface area contributed by atoms with Gasteiger partial charge in [-0.25, -0.2) is 13.9 Å². The topological polar surface area (TPSA) is 82.8 Å². The van der Waals surface area contributed by atoms with E-state index < -0.39 is 11.4 Å². The largest absolute Gasteiger partial charge is 0.386 e. The first-order chi connectivity index (χ1) is 16.7. The van der Waals surface area contributed by atoms with Crippen molar-refractivity contribution in [1.82, 2.24) is 19.9 Å². The highest BCUT2D eigenvalue weighted by Gasteiger charge is 2.34. The molecule has 180 valence electrons. The van der Waals surface area contributed by atoms with E-state index in [2.05, 4.69) is 20.3 Å². The predicted molar refractivity (Wildman–Crippen MR) is 132 cm³/mol. The van der Waals surface area contributed by atoms with Crippen molar-refractivity contribution in [3.8, 4) is 11.1 Å². The Hall–Kier alpha value is -3.78. The van der Waals surface area contributed by atoms with Crippen molar-refractivity contribution in [3.05, 3.63) is 83.6 Å². The number of hydrogen-bond acceptors (Lipinski definition) is 5. The second-order valence-electron chi connectivity index (χ2n) is 9.70. The molecule has 1 fully saturated rings. The monoisotopic (exact) mass is 473 g/mol. The molecule has 8 heteroatoms. The molecule has 0 bridgehead atoms. The number of halogens is 1. The van der Waals surface area contributed by atoms with E-state index in [-0.39, 0.29) is 17.4 Å². The third-order valence-corrected chi connectivity index (χ3v) is 6.48. The van der Waals surface area contributed by atoms with Gasteiger partial charge in [-0.05, 0) is 50.1 Å². The van der Waals surface area contributed by atoms with Crippen LogP contribution in [0.5, 0.6) is 0 Å². The van der Waals surface area contributed by atoms with Crippen molar-refractivity contribution in [2.45, 2.75) is 32.9 Å². The van der Waals surface area contributed by atoms with Crippen LogP contribution in [0.4, 0.5) is 10.2 Å². The minimum Gasteiger partial charge on any atom is -0.386 e. The van der Waals surface area contributed by atoms with Crippen LogP contribution in [0.3, 0.4) is 0 Å². The lowest BCUT2D eigenvalue weighted by molar-refractivity contribution is -0.125. The van der Waals surface area contributed by atoms with Crippen molar-refractivity contribution in [1.29, 1.82) is 0 Å². The first kappa shape index (κ1) is 23.0. The molecule has 3 heterocycles. The molecule has 4 aromatic rings. The van der Waals surface area contributed by atoms with E-state index in [9.17, 15) is 14.3 Å². The van der Waals surface area contributed by atoms with Gasteiger partial charge in [-0.15, -0.1) is 0 Å². The summed E-state index contributed by atoms with van der Waals surface area (Å²) >= 11 is 0. The first-order valence-corrected chi connectivity index (χ1v) is 11.6. The maximum Gasteiger partial charge on any atom is 0.226 e. The van der Waals surface area contributed by atoms with Gasteiger partial charge in [0.05, 0.1) is 11.5 Å². The molecule has 0 radical (unpaired) electrons. The molecular formula is C27H28FN5O2. The summed E-state index contributed by atoms with van der Waals surface area (Å²) in [7, 11) is 0. The van der Waals surface area contributed by atoms with Gasteiger partial charge in [0.1, 0.15) is 17.7 Å². The zero-order chi connectivity index (χ0) is 24.7. The van der Waals surface area contributed by atoms with E-state index in [1.165, 1.54) is 18.0 Å². The van der Waals surface area contributed by atoms with Gasteiger partial charge in [-0.1, -0.05) is 35.9 Å². The Morgan fingerprint density at radius 3 is 2.60 bits per heavy atom.